The molecule has 1 N–H and O–H groups in total. The largest absolute Gasteiger partial charge is 0.395 e. The number of benzene rings is 2. The lowest BCUT2D eigenvalue weighted by Gasteiger charge is -2.02. The number of hydrogen-bond donors (Lipinski definition) is 1. The van der Waals surface area contributed by atoms with Crippen molar-refractivity contribution in [2.75, 3.05) is 13.2 Å². The number of aliphatic hydroxyl groups is 1. The molecule has 2 rings (SSSR count). The monoisotopic (exact) mass is 324 g/mol. The van der Waals surface area contributed by atoms with E-state index in [-0.39, 0.29) is 12.5 Å². The minimum Gasteiger partial charge on any atom is -0.395 e. The van der Waals surface area contributed by atoms with Gasteiger partial charge in [-0.3, -0.25) is 0 Å². The summed E-state index contributed by atoms with van der Waals surface area (Å²) in [4.78, 5) is 1.10. The van der Waals surface area contributed by atoms with Gasteiger partial charge >= 0.3 is 0 Å². The normalized spacial score (nSPS) is 11.9. The van der Waals surface area contributed by atoms with Gasteiger partial charge in [0, 0.05) is 4.90 Å². The van der Waals surface area contributed by atoms with Gasteiger partial charge in [0.2, 0.25) is 0 Å². The van der Waals surface area contributed by atoms with Crippen molar-refractivity contribution in [3.63, 3.8) is 0 Å². The highest BCUT2D eigenvalue weighted by Gasteiger charge is 1.97. The van der Waals surface area contributed by atoms with Crippen LogP contribution in [0.5, 0.6) is 0 Å². The van der Waals surface area contributed by atoms with Crippen molar-refractivity contribution in [2.24, 2.45) is 5.92 Å². The molecule has 23 heavy (non-hydrogen) atoms. The number of thioether (sulfide) groups is 1. The molecular formula is C20H20O2S. The smallest absolute Gasteiger partial charge is 0.0721 e. The Morgan fingerprint density at radius 1 is 1.04 bits per heavy atom. The van der Waals surface area contributed by atoms with Crippen molar-refractivity contribution in [3.8, 4) is 11.2 Å². The lowest BCUT2D eigenvalue weighted by molar-refractivity contribution is 0.148. The van der Waals surface area contributed by atoms with Gasteiger partial charge in [0.25, 0.3) is 0 Å². The van der Waals surface area contributed by atoms with Crippen LogP contribution in [-0.4, -0.2) is 18.3 Å². The summed E-state index contributed by atoms with van der Waals surface area (Å²) in [5.41, 5.74) is 1.15. The first kappa shape index (κ1) is 17.4. The zero-order chi connectivity index (χ0) is 16.2. The maximum atomic E-state index is 9.35. The first-order chi connectivity index (χ1) is 11.4. The minimum atomic E-state index is -0.161. The molecule has 0 radical (unpaired) electrons. The van der Waals surface area contributed by atoms with E-state index in [9.17, 15) is 5.11 Å². The van der Waals surface area contributed by atoms with Crippen molar-refractivity contribution >= 4 is 11.8 Å². The number of rotatable bonds is 7. The molecule has 0 saturated heterocycles. The first-order valence-electron chi connectivity index (χ1n) is 7.50. The van der Waals surface area contributed by atoms with Crippen LogP contribution in [0.1, 0.15) is 5.56 Å². The second kappa shape index (κ2) is 10.7. The van der Waals surface area contributed by atoms with E-state index in [1.54, 1.807) is 0 Å². The van der Waals surface area contributed by atoms with Crippen molar-refractivity contribution in [2.45, 2.75) is 11.5 Å². The van der Waals surface area contributed by atoms with Crippen molar-refractivity contribution in [3.05, 3.63) is 78.4 Å². The second-order valence-corrected chi connectivity index (χ2v) is 5.76. The molecule has 3 heteroatoms. The number of aliphatic hydroxyl groups excluding tert-OH is 1. The van der Waals surface area contributed by atoms with E-state index in [1.165, 1.54) is 11.8 Å². The molecule has 0 aromatic heterocycles. The average molecular weight is 324 g/mol. The Morgan fingerprint density at radius 3 is 2.43 bits per heavy atom. The molecule has 0 spiro atoms. The number of hydrogen-bond acceptors (Lipinski definition) is 3. The molecule has 2 aromatic rings. The third kappa shape index (κ3) is 7.21. The van der Waals surface area contributed by atoms with Crippen LogP contribution < -0.4 is 0 Å². The van der Waals surface area contributed by atoms with E-state index in [2.05, 4.69) is 11.2 Å². The third-order valence-electron chi connectivity index (χ3n) is 3.05. The van der Waals surface area contributed by atoms with Crippen LogP contribution in [0.15, 0.2) is 77.7 Å². The van der Waals surface area contributed by atoms with Crippen LogP contribution in [-0.2, 0) is 11.3 Å². The molecule has 0 bridgehead atoms. The SMILES string of the molecule is OC[C@H](C#CSc1ccccc1)/C=C/COCc1ccccc1. The van der Waals surface area contributed by atoms with Gasteiger partial charge in [-0.15, -0.1) is 0 Å². The van der Waals surface area contributed by atoms with Crippen LogP contribution >= 0.6 is 11.8 Å². The standard InChI is InChI=1S/C20H20O2S/c21-16-18(13-15-23-20-11-5-2-6-12-20)10-7-14-22-17-19-8-3-1-4-9-19/h1-12,18,21H,14,16-17H2/b10-7+/t18-/m0/s1. The fourth-order valence-electron chi connectivity index (χ4n) is 1.85. The van der Waals surface area contributed by atoms with E-state index >= 15 is 0 Å². The zero-order valence-electron chi connectivity index (χ0n) is 12.9. The van der Waals surface area contributed by atoms with Gasteiger partial charge in [-0.2, -0.15) is 0 Å². The van der Waals surface area contributed by atoms with Gasteiger partial charge in [-0.25, -0.2) is 0 Å². The van der Waals surface area contributed by atoms with E-state index in [4.69, 9.17) is 4.74 Å². The molecular weight excluding hydrogens is 304 g/mol. The Labute approximate surface area is 142 Å². The average Bonchev–Trinajstić information content (AvgIpc) is 2.61. The van der Waals surface area contributed by atoms with Gasteiger partial charge < -0.3 is 9.84 Å². The van der Waals surface area contributed by atoms with Gasteiger partial charge in [0.1, 0.15) is 0 Å². The number of ether oxygens (including phenoxy) is 1. The van der Waals surface area contributed by atoms with Crippen LogP contribution in [0.25, 0.3) is 0 Å². The summed E-state index contributed by atoms with van der Waals surface area (Å²) in [5.74, 6) is 2.89. The van der Waals surface area contributed by atoms with Crippen LogP contribution in [0, 0.1) is 17.1 Å². The molecule has 1 atom stereocenters. The van der Waals surface area contributed by atoms with Crippen molar-refractivity contribution in [1.82, 2.24) is 0 Å². The van der Waals surface area contributed by atoms with Gasteiger partial charge in [-0.05, 0) is 34.7 Å². The molecule has 0 aliphatic heterocycles. The molecule has 118 valence electrons. The highest BCUT2D eigenvalue weighted by Crippen LogP contribution is 2.15. The van der Waals surface area contributed by atoms with Crippen LogP contribution in [0.3, 0.4) is 0 Å². The fourth-order valence-corrected chi connectivity index (χ4v) is 2.47. The molecule has 0 fully saturated rings. The Balaban J connectivity index is 1.71. The Morgan fingerprint density at radius 2 is 1.74 bits per heavy atom. The highest BCUT2D eigenvalue weighted by atomic mass is 32.2. The van der Waals surface area contributed by atoms with Crippen LogP contribution in [0.2, 0.25) is 0 Å². The van der Waals surface area contributed by atoms with E-state index < -0.39 is 0 Å². The molecule has 0 saturated carbocycles. The van der Waals surface area contributed by atoms with E-state index in [0.29, 0.717) is 13.2 Å². The summed E-state index contributed by atoms with van der Waals surface area (Å²) >= 11 is 1.47. The molecule has 2 nitrogen and oxygen atoms in total. The Hall–Kier alpha value is -1.99. The molecule has 0 heterocycles. The zero-order valence-corrected chi connectivity index (χ0v) is 13.7. The molecule has 0 aliphatic rings. The van der Waals surface area contributed by atoms with E-state index in [0.717, 1.165) is 10.5 Å². The lowest BCUT2D eigenvalue weighted by atomic mass is 10.1. The predicted molar refractivity (Wildman–Crippen MR) is 95.9 cm³/mol. The quantitative estimate of drug-likeness (QED) is 0.359. The van der Waals surface area contributed by atoms with Gasteiger partial charge in [-0.1, -0.05) is 66.6 Å². The maximum Gasteiger partial charge on any atom is 0.0721 e. The molecule has 0 aliphatic carbocycles. The lowest BCUT2D eigenvalue weighted by Crippen LogP contribution is -1.99. The molecule has 2 aromatic carbocycles. The minimum absolute atomic E-state index is 0.0114. The summed E-state index contributed by atoms with van der Waals surface area (Å²) in [5, 5.41) is 12.4. The van der Waals surface area contributed by atoms with Gasteiger partial charge in [0.15, 0.2) is 0 Å². The van der Waals surface area contributed by atoms with Gasteiger partial charge in [0.05, 0.1) is 25.7 Å². The fraction of sp³-hybridized carbons (Fsp3) is 0.200. The second-order valence-electron chi connectivity index (χ2n) is 4.88. The Bertz CT molecular complexity index is 642. The summed E-state index contributed by atoms with van der Waals surface area (Å²) in [6, 6.07) is 20.0. The topological polar surface area (TPSA) is 29.5 Å². The molecule has 0 unspecified atom stereocenters. The maximum absolute atomic E-state index is 9.35. The summed E-state index contributed by atoms with van der Waals surface area (Å²) in [7, 11) is 0. The highest BCUT2D eigenvalue weighted by molar-refractivity contribution is 8.03. The summed E-state index contributed by atoms with van der Waals surface area (Å²) in [6.45, 7) is 1.11. The van der Waals surface area contributed by atoms with Crippen LogP contribution in [0.4, 0.5) is 0 Å². The van der Waals surface area contributed by atoms with Crippen molar-refractivity contribution < 1.29 is 9.84 Å². The summed E-state index contributed by atoms with van der Waals surface area (Å²) in [6.07, 6.45) is 3.80. The van der Waals surface area contributed by atoms with Crippen molar-refractivity contribution in [1.29, 1.82) is 0 Å². The third-order valence-corrected chi connectivity index (χ3v) is 3.77. The first-order valence-corrected chi connectivity index (χ1v) is 8.32. The molecule has 0 amide bonds. The van der Waals surface area contributed by atoms with E-state index in [1.807, 2.05) is 72.8 Å². The summed E-state index contributed by atoms with van der Waals surface area (Å²) < 4.78 is 5.57. The predicted octanol–water partition coefficient (Wildman–Crippen LogP) is 4.12. The Kier molecular flexibility index (Phi) is 8.07.